The molecule has 2 heterocycles. The lowest BCUT2D eigenvalue weighted by Crippen LogP contribution is -2.27. The molecule has 0 N–H and O–H groups in total. The fraction of sp³-hybridized carbons (Fsp3) is 0.360. The lowest BCUT2D eigenvalue weighted by atomic mass is 10.0. The number of rotatable bonds is 7. The van der Waals surface area contributed by atoms with Gasteiger partial charge in [-0.3, -0.25) is 9.20 Å². The van der Waals surface area contributed by atoms with E-state index in [0.717, 1.165) is 65.4 Å². The fourth-order valence-electron chi connectivity index (χ4n) is 4.31. The van der Waals surface area contributed by atoms with Crippen LogP contribution in [0.4, 0.5) is 0 Å². The van der Waals surface area contributed by atoms with Gasteiger partial charge in [-0.05, 0) is 50.7 Å². The monoisotopic (exact) mass is 474 g/mol. The molecule has 0 spiro atoms. The Morgan fingerprint density at radius 3 is 2.28 bits per heavy atom. The van der Waals surface area contributed by atoms with Gasteiger partial charge in [-0.2, -0.15) is 0 Å². The first-order valence-corrected chi connectivity index (χ1v) is 10.8. The molecule has 0 atom stereocenters. The molecule has 0 radical (unpaired) electrons. The number of carbonyl (C=O) groups is 1. The van der Waals surface area contributed by atoms with Crippen LogP contribution in [0.15, 0.2) is 42.5 Å². The molecule has 0 aliphatic carbocycles. The van der Waals surface area contributed by atoms with E-state index in [2.05, 4.69) is 78.0 Å². The zero-order valence-electron chi connectivity index (χ0n) is 19.4. The van der Waals surface area contributed by atoms with Crippen LogP contribution in [0.2, 0.25) is 0 Å². The number of ketones is 1. The zero-order valence-corrected chi connectivity index (χ0v) is 21.0. The minimum atomic E-state index is 0. The first kappa shape index (κ1) is 25.9. The number of likely N-dealkylation sites (N-methyl/N-ethyl adjacent to an activating group) is 1. The van der Waals surface area contributed by atoms with E-state index in [1.165, 1.54) is 0 Å². The number of benzene rings is 2. The maximum atomic E-state index is 12.8. The largest absolute Gasteiger partial charge is 0.308 e. The molecule has 0 saturated heterocycles. The van der Waals surface area contributed by atoms with Crippen LogP contribution in [-0.4, -0.2) is 44.3 Å². The number of fused-ring (bicyclic) bond motifs is 3. The Hall–Kier alpha value is -2.34. The third kappa shape index (κ3) is 4.42. The fourth-order valence-corrected chi connectivity index (χ4v) is 4.31. The van der Waals surface area contributed by atoms with E-state index in [1.807, 2.05) is 6.07 Å². The third-order valence-electron chi connectivity index (χ3n) is 6.03. The molecule has 0 aliphatic rings. The van der Waals surface area contributed by atoms with Gasteiger partial charge in [-0.15, -0.1) is 24.8 Å². The van der Waals surface area contributed by atoms with Crippen LogP contribution in [0.5, 0.6) is 0 Å². The second-order valence-corrected chi connectivity index (χ2v) is 7.99. The van der Waals surface area contributed by atoms with Gasteiger partial charge < -0.3 is 9.47 Å². The maximum Gasteiger partial charge on any atom is 0.216 e. The maximum absolute atomic E-state index is 12.8. The predicted molar refractivity (Wildman–Crippen MR) is 138 cm³/mol. The predicted octanol–water partition coefficient (Wildman–Crippen LogP) is 5.96. The molecule has 0 fully saturated rings. The van der Waals surface area contributed by atoms with E-state index in [4.69, 9.17) is 4.98 Å². The molecular formula is C25H32Cl2N4O. The van der Waals surface area contributed by atoms with Gasteiger partial charge in [0.1, 0.15) is 11.4 Å². The van der Waals surface area contributed by atoms with E-state index >= 15 is 0 Å². The molecule has 0 amide bonds. The summed E-state index contributed by atoms with van der Waals surface area (Å²) < 4.78 is 4.31. The number of aryl methyl sites for hydroxylation is 2. The summed E-state index contributed by atoms with van der Waals surface area (Å²) in [5, 5.41) is 0. The Balaban J connectivity index is 0.00000181. The highest BCUT2D eigenvalue weighted by atomic mass is 35.5. The number of para-hydroxylation sites is 2. The second-order valence-electron chi connectivity index (χ2n) is 7.99. The van der Waals surface area contributed by atoms with Gasteiger partial charge >= 0.3 is 0 Å². The van der Waals surface area contributed by atoms with E-state index < -0.39 is 0 Å². The Morgan fingerprint density at radius 2 is 1.66 bits per heavy atom. The molecule has 2 aromatic carbocycles. The Morgan fingerprint density at radius 1 is 1.00 bits per heavy atom. The average Bonchev–Trinajstić information content (AvgIpc) is 3.26. The molecule has 0 bridgehead atoms. The summed E-state index contributed by atoms with van der Waals surface area (Å²) in [5.74, 6) is 0.870. The number of imidazole rings is 2. The molecule has 0 aliphatic heterocycles. The van der Waals surface area contributed by atoms with Crippen molar-refractivity contribution in [3.8, 4) is 11.3 Å². The number of aromatic nitrogens is 3. The van der Waals surface area contributed by atoms with Crippen LogP contribution >= 0.6 is 24.8 Å². The van der Waals surface area contributed by atoms with Crippen LogP contribution in [0.3, 0.4) is 0 Å². The van der Waals surface area contributed by atoms with Crippen molar-refractivity contribution in [2.45, 2.75) is 41.2 Å². The number of nitrogens with zero attached hydrogens (tertiary/aromatic N) is 4. The zero-order chi connectivity index (χ0) is 21.4. The van der Waals surface area contributed by atoms with Crippen molar-refractivity contribution in [1.29, 1.82) is 0 Å². The average molecular weight is 475 g/mol. The normalized spacial score (nSPS) is 11.1. The first-order valence-electron chi connectivity index (χ1n) is 10.8. The van der Waals surface area contributed by atoms with Crippen LogP contribution in [0.1, 0.15) is 42.4 Å². The molecule has 0 unspecified atom stereocenters. The SMILES string of the molecule is CCN(CC)CCn1c2ccccc2n2c(C(C)=O)c(-c3cc(C)ccc3C)nc12.Cl.Cl. The number of carbonyl (C=O) groups excluding carboxylic acids is 1. The molecule has 32 heavy (non-hydrogen) atoms. The van der Waals surface area contributed by atoms with Crippen LogP contribution in [-0.2, 0) is 6.54 Å². The van der Waals surface area contributed by atoms with E-state index in [-0.39, 0.29) is 30.6 Å². The number of hydrogen-bond acceptors (Lipinski definition) is 3. The van der Waals surface area contributed by atoms with Gasteiger partial charge in [0.15, 0.2) is 5.78 Å². The molecule has 2 aromatic heterocycles. The summed E-state index contributed by atoms with van der Waals surface area (Å²) in [5.41, 5.74) is 6.91. The number of hydrogen-bond donors (Lipinski definition) is 0. The topological polar surface area (TPSA) is 42.5 Å². The molecule has 172 valence electrons. The van der Waals surface area contributed by atoms with Crippen molar-refractivity contribution in [2.24, 2.45) is 0 Å². The summed E-state index contributed by atoms with van der Waals surface area (Å²) in [7, 11) is 0. The lowest BCUT2D eigenvalue weighted by Gasteiger charge is -2.18. The lowest BCUT2D eigenvalue weighted by molar-refractivity contribution is 0.101. The van der Waals surface area contributed by atoms with E-state index in [9.17, 15) is 4.79 Å². The molecule has 5 nitrogen and oxygen atoms in total. The molecular weight excluding hydrogens is 443 g/mol. The highest BCUT2D eigenvalue weighted by Crippen LogP contribution is 2.32. The van der Waals surface area contributed by atoms with Crippen molar-refractivity contribution < 1.29 is 4.79 Å². The molecule has 7 heteroatoms. The smallest absolute Gasteiger partial charge is 0.216 e. The van der Waals surface area contributed by atoms with Gasteiger partial charge in [-0.1, -0.05) is 43.7 Å². The summed E-state index contributed by atoms with van der Waals surface area (Å²) in [6.45, 7) is 14.0. The summed E-state index contributed by atoms with van der Waals surface area (Å²) in [6, 6.07) is 14.6. The Labute approximate surface area is 202 Å². The van der Waals surface area contributed by atoms with E-state index in [1.54, 1.807) is 6.92 Å². The summed E-state index contributed by atoms with van der Waals surface area (Å²) >= 11 is 0. The van der Waals surface area contributed by atoms with Gasteiger partial charge in [-0.25, -0.2) is 4.98 Å². The van der Waals surface area contributed by atoms with Crippen LogP contribution < -0.4 is 0 Å². The van der Waals surface area contributed by atoms with Crippen LogP contribution in [0.25, 0.3) is 28.1 Å². The van der Waals surface area contributed by atoms with Gasteiger partial charge in [0.2, 0.25) is 5.78 Å². The highest BCUT2D eigenvalue weighted by Gasteiger charge is 2.24. The minimum Gasteiger partial charge on any atom is -0.308 e. The second kappa shape index (κ2) is 10.5. The summed E-state index contributed by atoms with van der Waals surface area (Å²) in [6.07, 6.45) is 0. The number of Topliss-reactive ketones (excluding diaryl/α,β-unsaturated/α-hetero) is 1. The molecule has 4 aromatic rings. The Kier molecular flexibility index (Phi) is 8.52. The van der Waals surface area contributed by atoms with Crippen molar-refractivity contribution in [3.63, 3.8) is 0 Å². The highest BCUT2D eigenvalue weighted by molar-refractivity contribution is 6.02. The molecule has 4 rings (SSSR count). The quantitative estimate of drug-likeness (QED) is 0.310. The standard InChI is InChI=1S/C25H30N4O.2ClH/c1-6-27(7-2)14-15-28-21-10-8-9-11-22(21)29-24(19(5)30)23(26-25(28)29)20-16-17(3)12-13-18(20)4;;/h8-13,16H,6-7,14-15H2,1-5H3;2*1H. The van der Waals surface area contributed by atoms with Gasteiger partial charge in [0.25, 0.3) is 0 Å². The van der Waals surface area contributed by atoms with Gasteiger partial charge in [0, 0.05) is 25.6 Å². The van der Waals surface area contributed by atoms with Crippen LogP contribution in [0, 0.1) is 13.8 Å². The number of halogens is 2. The summed E-state index contributed by atoms with van der Waals surface area (Å²) in [4.78, 5) is 20.3. The van der Waals surface area contributed by atoms with Crippen molar-refractivity contribution in [3.05, 3.63) is 59.3 Å². The van der Waals surface area contributed by atoms with Crippen molar-refractivity contribution >= 4 is 47.4 Å². The van der Waals surface area contributed by atoms with Gasteiger partial charge in [0.05, 0.1) is 11.0 Å². The van der Waals surface area contributed by atoms with Crippen molar-refractivity contribution in [2.75, 3.05) is 19.6 Å². The Bertz CT molecular complexity index is 1240. The van der Waals surface area contributed by atoms with Crippen molar-refractivity contribution in [1.82, 2.24) is 18.9 Å². The minimum absolute atomic E-state index is 0. The first-order chi connectivity index (χ1) is 14.5. The third-order valence-corrected chi connectivity index (χ3v) is 6.03. The van der Waals surface area contributed by atoms with E-state index in [0.29, 0.717) is 5.69 Å². The molecule has 0 saturated carbocycles.